The fraction of sp³-hybridized carbons (Fsp3) is 0.875. The maximum atomic E-state index is 11.0. The molecule has 0 radical (unpaired) electrons. The summed E-state index contributed by atoms with van der Waals surface area (Å²) in [5.74, 6) is -0.204. The predicted molar refractivity (Wildman–Crippen MR) is 43.9 cm³/mol. The second kappa shape index (κ2) is 3.87. The van der Waals surface area contributed by atoms with Crippen LogP contribution in [0.4, 0.5) is 0 Å². The molecule has 1 aliphatic heterocycles. The first-order chi connectivity index (χ1) is 5.72. The molecule has 0 aliphatic carbocycles. The Bertz CT molecular complexity index is 166. The lowest BCUT2D eigenvalue weighted by Gasteiger charge is -2.41. The molecule has 0 aromatic carbocycles. The molecule has 0 spiro atoms. The monoisotopic (exact) mass is 173 g/mol. The lowest BCUT2D eigenvalue weighted by atomic mass is 9.93. The summed E-state index contributed by atoms with van der Waals surface area (Å²) in [7, 11) is 1.40. The first-order valence-corrected chi connectivity index (χ1v) is 4.14. The van der Waals surface area contributed by atoms with E-state index in [9.17, 15) is 4.79 Å². The van der Waals surface area contributed by atoms with Gasteiger partial charge in [-0.3, -0.25) is 4.79 Å². The highest BCUT2D eigenvalue weighted by molar-refractivity contribution is 5.70. The maximum Gasteiger partial charge on any atom is 0.308 e. The molecule has 70 valence electrons. The van der Waals surface area contributed by atoms with Crippen molar-refractivity contribution in [3.05, 3.63) is 0 Å². The number of hydrogen-bond acceptors (Lipinski definition) is 4. The fourth-order valence-corrected chi connectivity index (χ4v) is 1.32. The Morgan fingerprint density at radius 3 is 2.58 bits per heavy atom. The molecular weight excluding hydrogens is 158 g/mol. The van der Waals surface area contributed by atoms with Crippen LogP contribution in [0, 0.1) is 0 Å². The van der Waals surface area contributed by atoms with Crippen molar-refractivity contribution in [3.63, 3.8) is 0 Å². The van der Waals surface area contributed by atoms with E-state index in [0.717, 1.165) is 13.1 Å². The molecule has 1 N–H and O–H groups in total. The summed E-state index contributed by atoms with van der Waals surface area (Å²) in [6.07, 6.45) is 0.352. The van der Waals surface area contributed by atoms with E-state index in [1.54, 1.807) is 0 Å². The summed E-state index contributed by atoms with van der Waals surface area (Å²) >= 11 is 0. The highest BCUT2D eigenvalue weighted by Gasteiger charge is 2.40. The lowest BCUT2D eigenvalue weighted by Crippen LogP contribution is -2.62. The van der Waals surface area contributed by atoms with Crippen molar-refractivity contribution in [2.45, 2.75) is 18.9 Å². The molecule has 1 fully saturated rings. The number of esters is 1. The van der Waals surface area contributed by atoms with Gasteiger partial charge in [-0.2, -0.15) is 0 Å². The quantitative estimate of drug-likeness (QED) is 0.604. The van der Waals surface area contributed by atoms with Crippen LogP contribution in [0.25, 0.3) is 0 Å². The van der Waals surface area contributed by atoms with Crippen LogP contribution in [0.1, 0.15) is 13.3 Å². The molecule has 0 atom stereocenters. The Morgan fingerprint density at radius 1 is 1.58 bits per heavy atom. The minimum atomic E-state index is -0.290. The topological polar surface area (TPSA) is 47.6 Å². The first-order valence-electron chi connectivity index (χ1n) is 4.14. The van der Waals surface area contributed by atoms with Crippen molar-refractivity contribution in [2.24, 2.45) is 0 Å². The van der Waals surface area contributed by atoms with E-state index in [-0.39, 0.29) is 11.6 Å². The summed E-state index contributed by atoms with van der Waals surface area (Å²) in [5.41, 5.74) is -0.290. The van der Waals surface area contributed by atoms with Crippen LogP contribution in [-0.2, 0) is 14.3 Å². The van der Waals surface area contributed by atoms with E-state index in [1.807, 2.05) is 6.92 Å². The molecule has 1 rings (SSSR count). The minimum absolute atomic E-state index is 0.204. The number of carbonyl (C=O) groups excluding carboxylic acids is 1. The Morgan fingerprint density at radius 2 is 2.25 bits per heavy atom. The molecule has 1 aliphatic rings. The molecular formula is C8H15NO3. The van der Waals surface area contributed by atoms with Crippen molar-refractivity contribution in [1.82, 2.24) is 5.32 Å². The number of methoxy groups -OCH3 is 1. The Balaban J connectivity index is 2.39. The Kier molecular flexibility index (Phi) is 3.05. The number of hydrogen-bond donors (Lipinski definition) is 1. The summed E-state index contributed by atoms with van der Waals surface area (Å²) in [6, 6.07) is 0. The summed E-state index contributed by atoms with van der Waals surface area (Å²) in [6.45, 7) is 4.06. The molecule has 4 heteroatoms. The zero-order chi connectivity index (χ0) is 9.03. The molecule has 0 aromatic heterocycles. The van der Waals surface area contributed by atoms with Gasteiger partial charge in [-0.15, -0.1) is 0 Å². The molecule has 0 saturated carbocycles. The second-order valence-electron chi connectivity index (χ2n) is 2.97. The number of nitrogens with one attached hydrogen (secondary N) is 1. The third-order valence-corrected chi connectivity index (χ3v) is 2.04. The van der Waals surface area contributed by atoms with Gasteiger partial charge in [-0.05, 0) is 6.92 Å². The average Bonchev–Trinajstić information content (AvgIpc) is 2.00. The molecule has 1 heterocycles. The van der Waals surface area contributed by atoms with Crippen molar-refractivity contribution >= 4 is 5.97 Å². The second-order valence-corrected chi connectivity index (χ2v) is 2.97. The Hall–Kier alpha value is -0.610. The normalized spacial score (nSPS) is 19.8. The van der Waals surface area contributed by atoms with Crippen molar-refractivity contribution in [2.75, 3.05) is 26.8 Å². The van der Waals surface area contributed by atoms with Gasteiger partial charge in [0.05, 0.1) is 13.5 Å². The summed E-state index contributed by atoms with van der Waals surface area (Å²) in [4.78, 5) is 11.0. The lowest BCUT2D eigenvalue weighted by molar-refractivity contribution is -0.153. The molecule has 1 saturated heterocycles. The molecule has 0 unspecified atom stereocenters. The van der Waals surface area contributed by atoms with E-state index in [0.29, 0.717) is 13.0 Å². The van der Waals surface area contributed by atoms with Crippen LogP contribution in [0.15, 0.2) is 0 Å². The van der Waals surface area contributed by atoms with E-state index in [2.05, 4.69) is 10.1 Å². The predicted octanol–water partition coefficient (Wildman–Crippen LogP) is -0.0720. The largest absolute Gasteiger partial charge is 0.469 e. The molecule has 0 aromatic rings. The Labute approximate surface area is 72.2 Å². The number of rotatable bonds is 4. The van der Waals surface area contributed by atoms with Crippen molar-refractivity contribution < 1.29 is 14.3 Å². The van der Waals surface area contributed by atoms with Crippen LogP contribution < -0.4 is 5.32 Å². The third kappa shape index (κ3) is 1.95. The first kappa shape index (κ1) is 9.48. The van der Waals surface area contributed by atoms with E-state index in [4.69, 9.17) is 4.74 Å². The molecule has 12 heavy (non-hydrogen) atoms. The van der Waals surface area contributed by atoms with Crippen LogP contribution in [0.2, 0.25) is 0 Å². The molecule has 4 nitrogen and oxygen atoms in total. The highest BCUT2D eigenvalue weighted by atomic mass is 16.5. The highest BCUT2D eigenvalue weighted by Crippen LogP contribution is 2.21. The van der Waals surface area contributed by atoms with Gasteiger partial charge in [0.2, 0.25) is 0 Å². The van der Waals surface area contributed by atoms with Crippen LogP contribution in [0.5, 0.6) is 0 Å². The molecule has 0 amide bonds. The van der Waals surface area contributed by atoms with Crippen molar-refractivity contribution in [3.8, 4) is 0 Å². The zero-order valence-corrected chi connectivity index (χ0v) is 7.55. The van der Waals surface area contributed by atoms with Crippen LogP contribution >= 0.6 is 0 Å². The third-order valence-electron chi connectivity index (χ3n) is 2.04. The standard InChI is InChI=1S/C8H15NO3/c1-3-12-8(5-9-6-8)4-7(10)11-2/h9H,3-6H2,1-2H3. The van der Waals surface area contributed by atoms with Crippen LogP contribution in [0.3, 0.4) is 0 Å². The minimum Gasteiger partial charge on any atom is -0.469 e. The van der Waals surface area contributed by atoms with Gasteiger partial charge in [0.25, 0.3) is 0 Å². The van der Waals surface area contributed by atoms with Gasteiger partial charge >= 0.3 is 5.97 Å². The molecule has 0 bridgehead atoms. The van der Waals surface area contributed by atoms with Gasteiger partial charge in [0.1, 0.15) is 5.60 Å². The van der Waals surface area contributed by atoms with E-state index >= 15 is 0 Å². The van der Waals surface area contributed by atoms with Gasteiger partial charge in [-0.1, -0.05) is 0 Å². The van der Waals surface area contributed by atoms with Gasteiger partial charge in [0, 0.05) is 19.7 Å². The number of carbonyl (C=O) groups is 1. The van der Waals surface area contributed by atoms with E-state index < -0.39 is 0 Å². The smallest absolute Gasteiger partial charge is 0.308 e. The zero-order valence-electron chi connectivity index (χ0n) is 7.55. The maximum absolute atomic E-state index is 11.0. The fourth-order valence-electron chi connectivity index (χ4n) is 1.32. The average molecular weight is 173 g/mol. The van der Waals surface area contributed by atoms with Crippen molar-refractivity contribution in [1.29, 1.82) is 0 Å². The number of ether oxygens (including phenoxy) is 2. The summed E-state index contributed by atoms with van der Waals surface area (Å²) < 4.78 is 10.1. The van der Waals surface area contributed by atoms with Gasteiger partial charge in [0.15, 0.2) is 0 Å². The van der Waals surface area contributed by atoms with Crippen LogP contribution in [-0.4, -0.2) is 38.4 Å². The SMILES string of the molecule is CCOC1(CC(=O)OC)CNC1. The summed E-state index contributed by atoms with van der Waals surface area (Å²) in [5, 5.41) is 3.08. The van der Waals surface area contributed by atoms with Gasteiger partial charge in [-0.25, -0.2) is 0 Å². The van der Waals surface area contributed by atoms with Gasteiger partial charge < -0.3 is 14.8 Å². The van der Waals surface area contributed by atoms with E-state index in [1.165, 1.54) is 7.11 Å².